The number of benzene rings is 8. The molecule has 0 radical (unpaired) electrons. The molecule has 0 saturated heterocycles. The van der Waals surface area contributed by atoms with Crippen molar-refractivity contribution in [1.29, 1.82) is 0 Å². The fourth-order valence-corrected chi connectivity index (χ4v) is 8.00. The maximum Gasteiger partial charge on any atom is 0.227 e. The van der Waals surface area contributed by atoms with Crippen LogP contribution in [0, 0.1) is 0 Å². The summed E-state index contributed by atoms with van der Waals surface area (Å²) in [4.78, 5) is 11.8. The van der Waals surface area contributed by atoms with Gasteiger partial charge in [-0.25, -0.2) is 4.98 Å². The van der Waals surface area contributed by atoms with Crippen LogP contribution in [0.2, 0.25) is 0 Å². The van der Waals surface area contributed by atoms with Crippen LogP contribution in [0.5, 0.6) is 0 Å². The number of furan rings is 1. The van der Waals surface area contributed by atoms with Crippen molar-refractivity contribution in [3.05, 3.63) is 200 Å². The molecule has 0 aliphatic rings. The summed E-state index contributed by atoms with van der Waals surface area (Å²) >= 11 is 0. The summed E-state index contributed by atoms with van der Waals surface area (Å²) in [5.41, 5.74) is 15.2. The fraction of sp³-hybridized carbons (Fsp3) is 0. The van der Waals surface area contributed by atoms with Crippen LogP contribution >= 0.6 is 0 Å². The number of oxazole rings is 1. The van der Waals surface area contributed by atoms with Gasteiger partial charge in [0.15, 0.2) is 5.58 Å². The third-order valence-corrected chi connectivity index (χ3v) is 10.8. The molecule has 8 aromatic carbocycles. The zero-order valence-corrected chi connectivity index (χ0v) is 30.7. The van der Waals surface area contributed by atoms with Crippen LogP contribution in [0.15, 0.2) is 209 Å². The van der Waals surface area contributed by atoms with Gasteiger partial charge in [-0.15, -0.1) is 0 Å². The number of rotatable bonds is 7. The van der Waals surface area contributed by atoms with Crippen molar-refractivity contribution in [3.63, 3.8) is 0 Å². The van der Waals surface area contributed by atoms with Crippen LogP contribution in [0.4, 0.5) is 17.1 Å². The molecule has 0 spiro atoms. The fourth-order valence-electron chi connectivity index (χ4n) is 8.00. The molecule has 11 rings (SSSR count). The highest BCUT2D eigenvalue weighted by atomic mass is 16.3. The van der Waals surface area contributed by atoms with Crippen molar-refractivity contribution in [3.8, 4) is 44.8 Å². The van der Waals surface area contributed by atoms with E-state index in [9.17, 15) is 0 Å². The molecule has 268 valence electrons. The zero-order valence-electron chi connectivity index (χ0n) is 30.7. The zero-order chi connectivity index (χ0) is 37.7. The standard InChI is InChI=1S/C52H33N3O2/c1-2-10-35(11-3-1)45-33-39(32-38-12-9-31-53-51(38)45)34-19-25-40(26-20-34)55(42-29-23-37(24-30-42)52-54-46-15-5-7-17-48(46)57-52)41-27-21-36(22-28-41)43-14-8-18-49-50(43)44-13-4-6-16-47(44)56-49/h1-33H. The minimum atomic E-state index is 0.601. The lowest BCUT2D eigenvalue weighted by Crippen LogP contribution is -2.09. The number of hydrogen-bond acceptors (Lipinski definition) is 5. The van der Waals surface area contributed by atoms with Gasteiger partial charge in [0.05, 0.1) is 5.52 Å². The Labute approximate surface area is 328 Å². The number of aromatic nitrogens is 2. The minimum Gasteiger partial charge on any atom is -0.456 e. The second-order valence-electron chi connectivity index (χ2n) is 14.2. The Morgan fingerprint density at radius 2 is 1.04 bits per heavy atom. The lowest BCUT2D eigenvalue weighted by atomic mass is 9.95. The largest absolute Gasteiger partial charge is 0.456 e. The van der Waals surface area contributed by atoms with Crippen molar-refractivity contribution in [2.75, 3.05) is 4.90 Å². The van der Waals surface area contributed by atoms with E-state index in [2.05, 4.69) is 144 Å². The van der Waals surface area contributed by atoms with E-state index in [-0.39, 0.29) is 0 Å². The summed E-state index contributed by atoms with van der Waals surface area (Å²) in [6, 6.07) is 67.5. The van der Waals surface area contributed by atoms with Crippen LogP contribution < -0.4 is 4.90 Å². The van der Waals surface area contributed by atoms with E-state index in [0.717, 1.165) is 99.9 Å². The first-order valence-corrected chi connectivity index (χ1v) is 19.0. The van der Waals surface area contributed by atoms with Gasteiger partial charge >= 0.3 is 0 Å². The Morgan fingerprint density at radius 3 is 1.79 bits per heavy atom. The molecular formula is C52H33N3O2. The average Bonchev–Trinajstić information content (AvgIpc) is 3.90. The predicted octanol–water partition coefficient (Wildman–Crippen LogP) is 14.4. The van der Waals surface area contributed by atoms with Gasteiger partial charge in [-0.05, 0) is 119 Å². The van der Waals surface area contributed by atoms with Crippen LogP contribution in [0.3, 0.4) is 0 Å². The third kappa shape index (κ3) is 5.81. The smallest absolute Gasteiger partial charge is 0.227 e. The molecule has 5 nitrogen and oxygen atoms in total. The van der Waals surface area contributed by atoms with E-state index in [4.69, 9.17) is 18.8 Å². The van der Waals surface area contributed by atoms with Gasteiger partial charge in [0, 0.05) is 50.5 Å². The first-order valence-electron chi connectivity index (χ1n) is 19.0. The molecule has 0 amide bonds. The van der Waals surface area contributed by atoms with Crippen molar-refractivity contribution in [2.45, 2.75) is 0 Å². The molecule has 0 saturated carbocycles. The molecule has 0 aliphatic heterocycles. The number of pyridine rings is 1. The lowest BCUT2D eigenvalue weighted by Gasteiger charge is -2.26. The molecule has 0 fully saturated rings. The van der Waals surface area contributed by atoms with Gasteiger partial charge in [0.1, 0.15) is 16.7 Å². The minimum absolute atomic E-state index is 0.601. The third-order valence-electron chi connectivity index (χ3n) is 10.8. The van der Waals surface area contributed by atoms with Crippen LogP contribution in [0.1, 0.15) is 0 Å². The Hall–Kier alpha value is -7.76. The van der Waals surface area contributed by atoms with Crippen molar-refractivity contribution in [2.24, 2.45) is 0 Å². The maximum atomic E-state index is 6.22. The van der Waals surface area contributed by atoms with E-state index in [0.29, 0.717) is 5.89 Å². The summed E-state index contributed by atoms with van der Waals surface area (Å²) in [7, 11) is 0. The van der Waals surface area contributed by atoms with E-state index in [1.54, 1.807) is 0 Å². The molecule has 0 aliphatic carbocycles. The molecule has 0 unspecified atom stereocenters. The summed E-state index contributed by atoms with van der Waals surface area (Å²) in [6.07, 6.45) is 1.87. The quantitative estimate of drug-likeness (QED) is 0.163. The van der Waals surface area contributed by atoms with Gasteiger partial charge in [-0.3, -0.25) is 4.98 Å². The monoisotopic (exact) mass is 731 g/mol. The van der Waals surface area contributed by atoms with E-state index in [1.807, 2.05) is 60.8 Å². The van der Waals surface area contributed by atoms with Gasteiger partial charge in [0.25, 0.3) is 0 Å². The predicted molar refractivity (Wildman–Crippen MR) is 233 cm³/mol. The highest BCUT2D eigenvalue weighted by Crippen LogP contribution is 2.41. The van der Waals surface area contributed by atoms with E-state index >= 15 is 0 Å². The molecule has 5 heteroatoms. The summed E-state index contributed by atoms with van der Waals surface area (Å²) < 4.78 is 12.3. The number of fused-ring (bicyclic) bond motifs is 5. The van der Waals surface area contributed by atoms with Gasteiger partial charge in [-0.2, -0.15) is 0 Å². The van der Waals surface area contributed by atoms with E-state index < -0.39 is 0 Å². The Bertz CT molecular complexity index is 3190. The number of nitrogens with zero attached hydrogens (tertiary/aromatic N) is 3. The topological polar surface area (TPSA) is 55.3 Å². The van der Waals surface area contributed by atoms with Crippen molar-refractivity contribution in [1.82, 2.24) is 9.97 Å². The lowest BCUT2D eigenvalue weighted by molar-refractivity contribution is 0.620. The second kappa shape index (κ2) is 13.5. The van der Waals surface area contributed by atoms with Crippen LogP contribution in [-0.2, 0) is 0 Å². The van der Waals surface area contributed by atoms with Gasteiger partial charge in [-0.1, -0.05) is 103 Å². The first-order chi connectivity index (χ1) is 28.2. The first kappa shape index (κ1) is 32.7. The van der Waals surface area contributed by atoms with Crippen LogP contribution in [0.25, 0.3) is 88.8 Å². The Kier molecular flexibility index (Phi) is 7.74. The van der Waals surface area contributed by atoms with Gasteiger partial charge in [0.2, 0.25) is 5.89 Å². The van der Waals surface area contributed by atoms with E-state index in [1.165, 1.54) is 0 Å². The molecule has 57 heavy (non-hydrogen) atoms. The summed E-state index contributed by atoms with van der Waals surface area (Å²) in [5, 5.41) is 3.35. The molecule has 0 N–H and O–H groups in total. The van der Waals surface area contributed by atoms with Crippen LogP contribution in [-0.4, -0.2) is 9.97 Å². The summed E-state index contributed by atoms with van der Waals surface area (Å²) in [6.45, 7) is 0. The maximum absolute atomic E-state index is 6.22. The van der Waals surface area contributed by atoms with Crippen molar-refractivity contribution >= 4 is 61.0 Å². The summed E-state index contributed by atoms with van der Waals surface area (Å²) in [5.74, 6) is 0.601. The normalized spacial score (nSPS) is 11.5. The second-order valence-corrected chi connectivity index (χ2v) is 14.2. The highest BCUT2D eigenvalue weighted by Gasteiger charge is 2.17. The highest BCUT2D eigenvalue weighted by molar-refractivity contribution is 6.12. The molecule has 3 aromatic heterocycles. The molecule has 3 heterocycles. The number of anilines is 3. The SMILES string of the molecule is c1ccc(-c2cc(-c3ccc(N(c4ccc(-c5nc6ccccc6o5)cc4)c4ccc(-c5cccc6oc7ccccc7c56)cc4)cc3)cc3cccnc23)cc1. The Morgan fingerprint density at radius 1 is 0.404 bits per heavy atom. The Balaban J connectivity index is 0.997. The molecule has 11 aromatic rings. The molecule has 0 bridgehead atoms. The average molecular weight is 732 g/mol. The number of hydrogen-bond donors (Lipinski definition) is 0. The van der Waals surface area contributed by atoms with Gasteiger partial charge < -0.3 is 13.7 Å². The molecular weight excluding hydrogens is 699 g/mol. The number of para-hydroxylation sites is 3. The van der Waals surface area contributed by atoms with Crippen molar-refractivity contribution < 1.29 is 8.83 Å². The molecule has 0 atom stereocenters.